The lowest BCUT2D eigenvalue weighted by Crippen LogP contribution is -2.21. The lowest BCUT2D eigenvalue weighted by Gasteiger charge is -2.02. The fourth-order valence-electron chi connectivity index (χ4n) is 1.47. The molecule has 1 saturated carbocycles. The van der Waals surface area contributed by atoms with Crippen molar-refractivity contribution in [3.05, 3.63) is 12.7 Å². The summed E-state index contributed by atoms with van der Waals surface area (Å²) in [6.07, 6.45) is 1.55. The smallest absolute Gasteiger partial charge is 0.314 e. The predicted molar refractivity (Wildman–Crippen MR) is 44.1 cm³/mol. The summed E-state index contributed by atoms with van der Waals surface area (Å²) in [5.41, 5.74) is 0. The van der Waals surface area contributed by atoms with E-state index in [1.54, 1.807) is 0 Å². The molecule has 1 aliphatic rings. The highest BCUT2D eigenvalue weighted by Gasteiger charge is 2.43. The first-order valence-electron chi connectivity index (χ1n) is 3.98. The standard InChI is InChI=1S/C9H10O4/c1-2-3-5-7(10)4-6(8(5)11)9(12)13/h2,5-6H,1,3-4H2,(H,12,13). The molecule has 4 nitrogen and oxygen atoms in total. The van der Waals surface area contributed by atoms with Crippen LogP contribution < -0.4 is 0 Å². The van der Waals surface area contributed by atoms with Crippen LogP contribution in [0.2, 0.25) is 0 Å². The van der Waals surface area contributed by atoms with Gasteiger partial charge in [0.1, 0.15) is 11.7 Å². The Bertz CT molecular complexity index is 279. The van der Waals surface area contributed by atoms with E-state index in [1.807, 2.05) is 0 Å². The van der Waals surface area contributed by atoms with Crippen LogP contribution in [0.1, 0.15) is 12.8 Å². The first-order valence-corrected chi connectivity index (χ1v) is 3.98. The Balaban J connectivity index is 2.81. The largest absolute Gasteiger partial charge is 0.481 e. The summed E-state index contributed by atoms with van der Waals surface area (Å²) >= 11 is 0. The van der Waals surface area contributed by atoms with E-state index in [4.69, 9.17) is 5.11 Å². The average Bonchev–Trinajstić information content (AvgIpc) is 2.32. The molecule has 1 N–H and O–H groups in total. The zero-order chi connectivity index (χ0) is 10.0. The van der Waals surface area contributed by atoms with E-state index in [0.29, 0.717) is 0 Å². The number of carboxylic acid groups (broad SMARTS) is 1. The van der Waals surface area contributed by atoms with Crippen LogP contribution in [0.15, 0.2) is 12.7 Å². The van der Waals surface area contributed by atoms with E-state index in [0.717, 1.165) is 0 Å². The van der Waals surface area contributed by atoms with Crippen LogP contribution in [0.4, 0.5) is 0 Å². The fraction of sp³-hybridized carbons (Fsp3) is 0.444. The summed E-state index contributed by atoms with van der Waals surface area (Å²) < 4.78 is 0. The zero-order valence-electron chi connectivity index (χ0n) is 7.03. The highest BCUT2D eigenvalue weighted by atomic mass is 16.4. The number of rotatable bonds is 3. The Hall–Kier alpha value is -1.45. The van der Waals surface area contributed by atoms with Gasteiger partial charge in [-0.15, -0.1) is 6.58 Å². The molecule has 1 fully saturated rings. The first kappa shape index (κ1) is 9.64. The van der Waals surface area contributed by atoms with Crippen molar-refractivity contribution in [3.8, 4) is 0 Å². The van der Waals surface area contributed by atoms with Crippen LogP contribution in [0.25, 0.3) is 0 Å². The lowest BCUT2D eigenvalue weighted by atomic mass is 10.00. The predicted octanol–water partition coefficient (Wildman–Crippen LogP) is 0.421. The van der Waals surface area contributed by atoms with E-state index < -0.39 is 23.6 Å². The van der Waals surface area contributed by atoms with Crippen molar-refractivity contribution in [1.82, 2.24) is 0 Å². The number of carbonyl (C=O) groups is 3. The summed E-state index contributed by atoms with van der Waals surface area (Å²) in [5, 5.41) is 8.59. The van der Waals surface area contributed by atoms with Crippen molar-refractivity contribution in [2.45, 2.75) is 12.8 Å². The number of aliphatic carboxylic acids is 1. The highest BCUT2D eigenvalue weighted by molar-refractivity contribution is 6.17. The molecule has 1 aliphatic carbocycles. The van der Waals surface area contributed by atoms with Gasteiger partial charge in [-0.1, -0.05) is 6.08 Å². The van der Waals surface area contributed by atoms with Gasteiger partial charge < -0.3 is 5.11 Å². The van der Waals surface area contributed by atoms with Crippen LogP contribution in [-0.4, -0.2) is 22.6 Å². The molecule has 0 amide bonds. The number of hydrogen-bond acceptors (Lipinski definition) is 3. The summed E-state index contributed by atoms with van der Waals surface area (Å²) in [6, 6.07) is 0. The molecule has 0 saturated heterocycles. The topological polar surface area (TPSA) is 71.4 Å². The molecule has 4 heteroatoms. The molecule has 70 valence electrons. The van der Waals surface area contributed by atoms with Crippen LogP contribution >= 0.6 is 0 Å². The third-order valence-electron chi connectivity index (χ3n) is 2.18. The second kappa shape index (κ2) is 3.51. The Kier molecular flexibility index (Phi) is 2.60. The van der Waals surface area contributed by atoms with Crippen molar-refractivity contribution in [2.75, 3.05) is 0 Å². The average molecular weight is 182 g/mol. The van der Waals surface area contributed by atoms with Crippen molar-refractivity contribution in [3.63, 3.8) is 0 Å². The number of ketones is 2. The van der Waals surface area contributed by atoms with E-state index >= 15 is 0 Å². The molecule has 2 unspecified atom stereocenters. The maximum atomic E-state index is 11.3. The van der Waals surface area contributed by atoms with Gasteiger partial charge in [0.2, 0.25) is 0 Å². The van der Waals surface area contributed by atoms with Crippen molar-refractivity contribution < 1.29 is 19.5 Å². The van der Waals surface area contributed by atoms with Crippen LogP contribution in [0, 0.1) is 11.8 Å². The maximum Gasteiger partial charge on any atom is 0.314 e. The number of hydrogen-bond donors (Lipinski definition) is 1. The molecule has 0 radical (unpaired) electrons. The van der Waals surface area contributed by atoms with Crippen molar-refractivity contribution in [2.24, 2.45) is 11.8 Å². The molecular weight excluding hydrogens is 172 g/mol. The summed E-state index contributed by atoms with van der Waals surface area (Å²) in [6.45, 7) is 3.41. The van der Waals surface area contributed by atoms with E-state index in [-0.39, 0.29) is 18.6 Å². The molecule has 0 aromatic rings. The molecule has 0 heterocycles. The molecule has 0 aromatic carbocycles. The van der Waals surface area contributed by atoms with E-state index in [2.05, 4.69) is 6.58 Å². The first-order chi connectivity index (χ1) is 6.07. The molecule has 0 bridgehead atoms. The number of carbonyl (C=O) groups excluding carboxylic acids is 2. The van der Waals surface area contributed by atoms with Gasteiger partial charge in [0.15, 0.2) is 5.78 Å². The Morgan fingerprint density at radius 2 is 2.23 bits per heavy atom. The number of Topliss-reactive ketones (excluding diaryl/α,β-unsaturated/α-hetero) is 2. The maximum absolute atomic E-state index is 11.3. The van der Waals surface area contributed by atoms with Crippen LogP contribution in [-0.2, 0) is 14.4 Å². The molecule has 0 aliphatic heterocycles. The monoisotopic (exact) mass is 182 g/mol. The van der Waals surface area contributed by atoms with E-state index in [9.17, 15) is 14.4 Å². The molecular formula is C9H10O4. The van der Waals surface area contributed by atoms with Gasteiger partial charge in [-0.05, 0) is 6.42 Å². The molecule has 2 atom stereocenters. The second-order valence-corrected chi connectivity index (χ2v) is 3.04. The second-order valence-electron chi connectivity index (χ2n) is 3.04. The van der Waals surface area contributed by atoms with Gasteiger partial charge in [-0.25, -0.2) is 0 Å². The summed E-state index contributed by atoms with van der Waals surface area (Å²) in [4.78, 5) is 33.0. The van der Waals surface area contributed by atoms with Gasteiger partial charge in [-0.2, -0.15) is 0 Å². The highest BCUT2D eigenvalue weighted by Crippen LogP contribution is 2.26. The molecule has 1 rings (SSSR count). The Morgan fingerprint density at radius 1 is 1.62 bits per heavy atom. The third-order valence-corrected chi connectivity index (χ3v) is 2.18. The van der Waals surface area contributed by atoms with E-state index in [1.165, 1.54) is 6.08 Å². The van der Waals surface area contributed by atoms with Crippen molar-refractivity contribution >= 4 is 17.5 Å². The minimum atomic E-state index is -1.20. The van der Waals surface area contributed by atoms with Gasteiger partial charge in [0.05, 0.1) is 5.92 Å². The van der Waals surface area contributed by atoms with Gasteiger partial charge >= 0.3 is 5.97 Å². The SMILES string of the molecule is C=CCC1C(=O)CC(C(=O)O)C1=O. The minimum Gasteiger partial charge on any atom is -0.481 e. The van der Waals surface area contributed by atoms with Gasteiger partial charge in [0, 0.05) is 6.42 Å². The lowest BCUT2D eigenvalue weighted by molar-refractivity contribution is -0.145. The molecule has 0 aromatic heterocycles. The zero-order valence-corrected chi connectivity index (χ0v) is 7.03. The summed E-state index contributed by atoms with van der Waals surface area (Å²) in [5.74, 6) is -3.85. The Morgan fingerprint density at radius 3 is 2.62 bits per heavy atom. The van der Waals surface area contributed by atoms with Crippen molar-refractivity contribution in [1.29, 1.82) is 0 Å². The summed E-state index contributed by atoms with van der Waals surface area (Å²) in [7, 11) is 0. The minimum absolute atomic E-state index is 0.160. The van der Waals surface area contributed by atoms with Gasteiger partial charge in [0.25, 0.3) is 0 Å². The molecule has 0 spiro atoms. The normalized spacial score (nSPS) is 27.7. The quantitative estimate of drug-likeness (QED) is 0.507. The number of carboxylic acids is 1. The Labute approximate surface area is 75.2 Å². The van der Waals surface area contributed by atoms with Crippen LogP contribution in [0.5, 0.6) is 0 Å². The van der Waals surface area contributed by atoms with Crippen LogP contribution in [0.3, 0.4) is 0 Å². The van der Waals surface area contributed by atoms with Gasteiger partial charge in [-0.3, -0.25) is 14.4 Å². The molecule has 13 heavy (non-hydrogen) atoms. The third kappa shape index (κ3) is 1.66. The fourth-order valence-corrected chi connectivity index (χ4v) is 1.47. The number of allylic oxidation sites excluding steroid dienone is 1.